The molecule has 0 aromatic rings. The fourth-order valence-corrected chi connectivity index (χ4v) is 8.57. The molecule has 4 aliphatic carbocycles. The van der Waals surface area contributed by atoms with Gasteiger partial charge in [0, 0.05) is 18.3 Å². The highest BCUT2D eigenvalue weighted by Crippen LogP contribution is 2.66. The van der Waals surface area contributed by atoms with Gasteiger partial charge in [-0.3, -0.25) is 14.1 Å². The third kappa shape index (κ3) is 3.15. The Labute approximate surface area is 167 Å². The first-order valence-electron chi connectivity index (χ1n) is 10.7. The fraction of sp³-hybridized carbons (Fsp3) is 0.905. The van der Waals surface area contributed by atoms with Crippen molar-refractivity contribution in [2.24, 2.45) is 40.4 Å². The van der Waals surface area contributed by atoms with Crippen LogP contribution in [0.2, 0.25) is 0 Å². The monoisotopic (exact) mass is 412 g/mol. The number of carbonyl (C=O) groups excluding carboxylic acids is 2. The average molecular weight is 412 g/mol. The number of hydrogen-bond acceptors (Lipinski definition) is 4. The summed E-state index contributed by atoms with van der Waals surface area (Å²) in [6, 6.07) is 0. The lowest BCUT2D eigenvalue weighted by Gasteiger charge is -2.60. The Balaban J connectivity index is 1.58. The minimum absolute atomic E-state index is 0.0142. The van der Waals surface area contributed by atoms with Crippen molar-refractivity contribution in [1.29, 1.82) is 0 Å². The zero-order valence-electron chi connectivity index (χ0n) is 17.1. The quantitative estimate of drug-likeness (QED) is 0.682. The van der Waals surface area contributed by atoms with E-state index in [1.54, 1.807) is 6.92 Å². The van der Waals surface area contributed by atoms with E-state index in [1.165, 1.54) is 0 Å². The molecule has 4 saturated carbocycles. The van der Waals surface area contributed by atoms with Crippen LogP contribution in [0.5, 0.6) is 0 Å². The first-order valence-corrected chi connectivity index (χ1v) is 12.3. The number of phosphoric ester groups is 1. The van der Waals surface area contributed by atoms with Gasteiger partial charge in [0.1, 0.15) is 11.6 Å². The van der Waals surface area contributed by atoms with E-state index in [0.717, 1.165) is 32.1 Å². The largest absolute Gasteiger partial charge is 0.469 e. The van der Waals surface area contributed by atoms with Crippen molar-refractivity contribution < 1.29 is 28.5 Å². The molecule has 4 fully saturated rings. The molecule has 0 bridgehead atoms. The Morgan fingerprint density at radius 3 is 2.46 bits per heavy atom. The zero-order valence-corrected chi connectivity index (χ0v) is 18.0. The summed E-state index contributed by atoms with van der Waals surface area (Å²) >= 11 is 0. The molecular formula is C21H33O6P. The minimum Gasteiger partial charge on any atom is -0.303 e. The van der Waals surface area contributed by atoms with Crippen molar-refractivity contribution in [3.8, 4) is 0 Å². The molecule has 7 heteroatoms. The average Bonchev–Trinajstić information content (AvgIpc) is 2.90. The van der Waals surface area contributed by atoms with Crippen LogP contribution in [0, 0.1) is 40.4 Å². The van der Waals surface area contributed by atoms with E-state index in [0.29, 0.717) is 36.9 Å². The smallest absolute Gasteiger partial charge is 0.303 e. The van der Waals surface area contributed by atoms with Gasteiger partial charge in [0.25, 0.3) is 0 Å². The maximum Gasteiger partial charge on any atom is 0.469 e. The van der Waals surface area contributed by atoms with Gasteiger partial charge >= 0.3 is 7.82 Å². The van der Waals surface area contributed by atoms with Crippen LogP contribution >= 0.6 is 7.82 Å². The fourth-order valence-electron chi connectivity index (χ4n) is 7.99. The van der Waals surface area contributed by atoms with Crippen molar-refractivity contribution in [1.82, 2.24) is 0 Å². The van der Waals surface area contributed by atoms with Gasteiger partial charge in [0.05, 0.1) is 6.10 Å². The summed E-state index contributed by atoms with van der Waals surface area (Å²) in [4.78, 5) is 44.0. The Morgan fingerprint density at radius 1 is 1.11 bits per heavy atom. The predicted molar refractivity (Wildman–Crippen MR) is 103 cm³/mol. The predicted octanol–water partition coefficient (Wildman–Crippen LogP) is 3.89. The van der Waals surface area contributed by atoms with Crippen LogP contribution in [-0.4, -0.2) is 27.5 Å². The first kappa shape index (κ1) is 20.7. The highest BCUT2D eigenvalue weighted by Gasteiger charge is 2.63. The Hall–Kier alpha value is -0.550. The van der Waals surface area contributed by atoms with Crippen molar-refractivity contribution in [3.05, 3.63) is 0 Å². The van der Waals surface area contributed by atoms with Gasteiger partial charge in [-0.05, 0) is 80.5 Å². The Kier molecular flexibility index (Phi) is 4.98. The number of carbonyl (C=O) groups is 2. The molecule has 2 N–H and O–H groups in total. The van der Waals surface area contributed by atoms with Crippen molar-refractivity contribution >= 4 is 19.4 Å². The standard InChI is InChI=1S/C21H33O6P/c1-12(22)16-6-7-17-15-5-4-13-10-14(27-28(24,25)26)8-9-20(13,2)19(15)18(23)11-21(16,17)3/h13-17,19H,4-11H2,1-3H3,(H2,24,25,26)/t13-,14+,15-,16+,17-,19+,20-,21+/m0/s1. The van der Waals surface area contributed by atoms with Gasteiger partial charge < -0.3 is 9.79 Å². The molecule has 0 spiro atoms. The van der Waals surface area contributed by atoms with E-state index in [1.807, 2.05) is 0 Å². The lowest BCUT2D eigenvalue weighted by molar-refractivity contribution is -0.162. The minimum atomic E-state index is -4.48. The van der Waals surface area contributed by atoms with Gasteiger partial charge in [0.2, 0.25) is 0 Å². The molecule has 158 valence electrons. The van der Waals surface area contributed by atoms with Crippen LogP contribution in [0.15, 0.2) is 0 Å². The molecule has 4 rings (SSSR count). The van der Waals surface area contributed by atoms with Crippen LogP contribution in [0.3, 0.4) is 0 Å². The molecular weight excluding hydrogens is 379 g/mol. The summed E-state index contributed by atoms with van der Waals surface area (Å²) in [5.74, 6) is 1.62. The maximum atomic E-state index is 13.4. The van der Waals surface area contributed by atoms with Crippen LogP contribution in [0.1, 0.15) is 72.1 Å². The number of hydrogen-bond donors (Lipinski definition) is 2. The molecule has 0 saturated heterocycles. The van der Waals surface area contributed by atoms with E-state index in [4.69, 9.17) is 14.3 Å². The van der Waals surface area contributed by atoms with Gasteiger partial charge in [-0.15, -0.1) is 0 Å². The lowest BCUT2D eigenvalue weighted by Crippen LogP contribution is -2.58. The number of phosphoric acid groups is 1. The number of ketones is 2. The topological polar surface area (TPSA) is 101 Å². The molecule has 8 atom stereocenters. The zero-order chi connectivity index (χ0) is 20.5. The van der Waals surface area contributed by atoms with Gasteiger partial charge in [-0.2, -0.15) is 0 Å². The third-order valence-electron chi connectivity index (χ3n) is 9.08. The lowest BCUT2D eigenvalue weighted by atomic mass is 9.44. The Bertz CT molecular complexity index is 730. The number of fused-ring (bicyclic) bond motifs is 5. The second-order valence-electron chi connectivity index (χ2n) is 10.4. The summed E-state index contributed by atoms with van der Waals surface area (Å²) in [6.45, 7) is 6.07. The molecule has 6 nitrogen and oxygen atoms in total. The van der Waals surface area contributed by atoms with Gasteiger partial charge in [-0.25, -0.2) is 4.57 Å². The van der Waals surface area contributed by atoms with Crippen LogP contribution < -0.4 is 0 Å². The molecule has 4 aliphatic rings. The third-order valence-corrected chi connectivity index (χ3v) is 9.65. The van der Waals surface area contributed by atoms with Crippen molar-refractivity contribution in [2.45, 2.75) is 78.2 Å². The first-order chi connectivity index (χ1) is 13.0. The number of Topliss-reactive ketones (excluding diaryl/α,β-unsaturated/α-hetero) is 2. The summed E-state index contributed by atoms with van der Waals surface area (Å²) in [5.41, 5.74) is -0.307. The van der Waals surface area contributed by atoms with Crippen LogP contribution in [0.25, 0.3) is 0 Å². The van der Waals surface area contributed by atoms with E-state index in [9.17, 15) is 14.2 Å². The highest BCUT2D eigenvalue weighted by atomic mass is 31.2. The second kappa shape index (κ2) is 6.73. The Morgan fingerprint density at radius 2 is 1.82 bits per heavy atom. The number of rotatable bonds is 3. The van der Waals surface area contributed by atoms with E-state index in [2.05, 4.69) is 13.8 Å². The van der Waals surface area contributed by atoms with Crippen molar-refractivity contribution in [2.75, 3.05) is 0 Å². The SMILES string of the molecule is CC(=O)[C@H]1CC[C@H]2[C@@H]3CC[C@H]4C[C@H](OP(=O)(O)O)CC[C@]4(C)[C@H]3C(=O)C[C@]12C. The molecule has 0 heterocycles. The van der Waals surface area contributed by atoms with Gasteiger partial charge in [0.15, 0.2) is 0 Å². The summed E-state index contributed by atoms with van der Waals surface area (Å²) < 4.78 is 16.3. The molecule has 0 aromatic carbocycles. The molecule has 28 heavy (non-hydrogen) atoms. The highest BCUT2D eigenvalue weighted by molar-refractivity contribution is 7.46. The van der Waals surface area contributed by atoms with E-state index in [-0.39, 0.29) is 34.4 Å². The molecule has 0 aromatic heterocycles. The van der Waals surface area contributed by atoms with Gasteiger partial charge in [-0.1, -0.05) is 13.8 Å². The summed E-state index contributed by atoms with van der Waals surface area (Å²) in [6.07, 6.45) is 5.97. The normalized spacial score (nSPS) is 48.5. The molecule has 0 radical (unpaired) electrons. The molecule has 0 amide bonds. The van der Waals surface area contributed by atoms with E-state index < -0.39 is 13.9 Å². The maximum absolute atomic E-state index is 13.4. The second-order valence-corrected chi connectivity index (χ2v) is 11.6. The van der Waals surface area contributed by atoms with E-state index >= 15 is 0 Å². The summed E-state index contributed by atoms with van der Waals surface area (Å²) in [7, 11) is -4.48. The molecule has 0 aliphatic heterocycles. The van der Waals surface area contributed by atoms with Crippen molar-refractivity contribution in [3.63, 3.8) is 0 Å². The van der Waals surface area contributed by atoms with Crippen LogP contribution in [0.4, 0.5) is 0 Å². The van der Waals surface area contributed by atoms with Crippen LogP contribution in [-0.2, 0) is 18.7 Å². The molecule has 0 unspecified atom stereocenters. The summed E-state index contributed by atoms with van der Waals surface area (Å²) in [5, 5.41) is 0.